The molecule has 0 amide bonds. The van der Waals surface area contributed by atoms with Gasteiger partial charge in [0.15, 0.2) is 0 Å². The molecule has 0 fully saturated rings. The smallest absolute Gasteiger partial charge is 0.0471 e. The Labute approximate surface area is 112 Å². The van der Waals surface area contributed by atoms with Crippen molar-refractivity contribution in [1.29, 1.82) is 0 Å². The maximum atomic E-state index is 2.67. The Morgan fingerprint density at radius 2 is 0.882 bits per heavy atom. The van der Waals surface area contributed by atoms with Crippen molar-refractivity contribution in [1.82, 2.24) is 0 Å². The van der Waals surface area contributed by atoms with E-state index in [1.165, 1.54) is 38.5 Å². The predicted molar refractivity (Wildman–Crippen MR) is 88.2 cm³/mol. The van der Waals surface area contributed by atoms with Crippen molar-refractivity contribution in [3.05, 3.63) is 0 Å². The Hall–Kier alpha value is 0.434. The van der Waals surface area contributed by atoms with Crippen LogP contribution >= 0.6 is 0 Å². The molecule has 0 aliphatic rings. The highest BCUT2D eigenvalue weighted by atomic mass is 29.3. The number of hydrogen-bond donors (Lipinski definition) is 0. The SMILES string of the molecule is CCCC[Si](CCCC)(CCCC)[Si](C)(C)C. The summed E-state index contributed by atoms with van der Waals surface area (Å²) in [5, 5.41) is 0. The van der Waals surface area contributed by atoms with Gasteiger partial charge in [-0.2, -0.15) is 0 Å². The lowest BCUT2D eigenvalue weighted by Gasteiger charge is -2.43. The lowest BCUT2D eigenvalue weighted by molar-refractivity contribution is 0.803. The Kier molecular flexibility index (Phi) is 8.74. The van der Waals surface area contributed by atoms with Crippen LogP contribution in [0.2, 0.25) is 37.8 Å². The van der Waals surface area contributed by atoms with Gasteiger partial charge in [-0.15, -0.1) is 0 Å². The van der Waals surface area contributed by atoms with Crippen molar-refractivity contribution >= 4 is 15.2 Å². The van der Waals surface area contributed by atoms with Crippen molar-refractivity contribution in [3.63, 3.8) is 0 Å². The van der Waals surface area contributed by atoms with Gasteiger partial charge in [0.2, 0.25) is 0 Å². The van der Waals surface area contributed by atoms with E-state index in [9.17, 15) is 0 Å². The highest BCUT2D eigenvalue weighted by Crippen LogP contribution is 2.36. The third-order valence-electron chi connectivity index (χ3n) is 4.62. The van der Waals surface area contributed by atoms with Crippen molar-refractivity contribution < 1.29 is 0 Å². The van der Waals surface area contributed by atoms with Crippen molar-refractivity contribution in [2.75, 3.05) is 0 Å². The molecule has 0 aromatic heterocycles. The molecule has 0 N–H and O–H groups in total. The second-order valence-corrected chi connectivity index (χ2v) is 23.1. The lowest BCUT2D eigenvalue weighted by atomic mass is 10.4. The highest BCUT2D eigenvalue weighted by Gasteiger charge is 2.42. The van der Waals surface area contributed by atoms with E-state index in [-0.39, 0.29) is 0 Å². The van der Waals surface area contributed by atoms with Crippen LogP contribution in [-0.2, 0) is 0 Å². The summed E-state index contributed by atoms with van der Waals surface area (Å²) in [4.78, 5) is 0. The van der Waals surface area contributed by atoms with E-state index in [1.807, 2.05) is 0 Å². The maximum absolute atomic E-state index is 2.67. The van der Waals surface area contributed by atoms with E-state index in [2.05, 4.69) is 40.4 Å². The van der Waals surface area contributed by atoms with E-state index < -0.39 is 15.2 Å². The van der Waals surface area contributed by atoms with Crippen LogP contribution in [0.5, 0.6) is 0 Å². The molecule has 17 heavy (non-hydrogen) atoms. The Morgan fingerprint density at radius 1 is 0.588 bits per heavy atom. The molecule has 0 heterocycles. The number of rotatable bonds is 10. The second kappa shape index (κ2) is 8.52. The Bertz CT molecular complexity index is 160. The van der Waals surface area contributed by atoms with Crippen LogP contribution in [0.15, 0.2) is 0 Å². The van der Waals surface area contributed by atoms with Crippen molar-refractivity contribution in [2.45, 2.75) is 97.1 Å². The molecule has 0 aliphatic carbocycles. The summed E-state index contributed by atoms with van der Waals surface area (Å²) >= 11 is 0. The van der Waals surface area contributed by atoms with Gasteiger partial charge in [0, 0.05) is 15.2 Å². The van der Waals surface area contributed by atoms with Crippen LogP contribution in [0.25, 0.3) is 0 Å². The average Bonchev–Trinajstić information content (AvgIpc) is 2.27. The number of hydrogen-bond acceptors (Lipinski definition) is 0. The summed E-state index contributed by atoms with van der Waals surface area (Å²) < 4.78 is 0. The first kappa shape index (κ1) is 17.4. The van der Waals surface area contributed by atoms with Gasteiger partial charge < -0.3 is 0 Å². The fraction of sp³-hybridized carbons (Fsp3) is 1.00. The quantitative estimate of drug-likeness (QED) is 0.412. The van der Waals surface area contributed by atoms with Gasteiger partial charge in [-0.05, 0) is 0 Å². The molecule has 0 saturated heterocycles. The third kappa shape index (κ3) is 5.73. The third-order valence-corrected chi connectivity index (χ3v) is 23.5. The zero-order valence-electron chi connectivity index (χ0n) is 13.4. The monoisotopic (exact) mass is 272 g/mol. The zero-order chi connectivity index (χ0) is 13.4. The summed E-state index contributed by atoms with van der Waals surface area (Å²) in [6.07, 6.45) is 8.71. The molecule has 0 bridgehead atoms. The Balaban J connectivity index is 4.78. The lowest BCUT2D eigenvalue weighted by Crippen LogP contribution is -2.56. The summed E-state index contributed by atoms with van der Waals surface area (Å²) in [5.41, 5.74) is 0. The standard InChI is InChI=1S/C15H36Si2/c1-7-10-13-17(14-11-8-2,15-12-9-3)16(4,5)6/h7-15H2,1-6H3. The molecule has 0 atom stereocenters. The minimum Gasteiger partial charge on any atom is -0.0715 e. The topological polar surface area (TPSA) is 0 Å². The molecule has 0 saturated carbocycles. The average molecular weight is 273 g/mol. The maximum Gasteiger partial charge on any atom is 0.0471 e. The van der Waals surface area contributed by atoms with E-state index in [1.54, 1.807) is 18.1 Å². The molecular formula is C15H36Si2. The summed E-state index contributed by atoms with van der Waals surface area (Å²) in [5.74, 6) is 0. The summed E-state index contributed by atoms with van der Waals surface area (Å²) in [6.45, 7) is 15.1. The molecular weight excluding hydrogens is 236 g/mol. The van der Waals surface area contributed by atoms with E-state index in [0.717, 1.165) is 0 Å². The fourth-order valence-electron chi connectivity index (χ4n) is 3.05. The van der Waals surface area contributed by atoms with Gasteiger partial charge in [0.05, 0.1) is 0 Å². The predicted octanol–water partition coefficient (Wildman–Crippen LogP) is 6.25. The van der Waals surface area contributed by atoms with Crippen molar-refractivity contribution in [3.8, 4) is 0 Å². The van der Waals surface area contributed by atoms with E-state index in [4.69, 9.17) is 0 Å². The zero-order valence-corrected chi connectivity index (χ0v) is 15.4. The molecule has 0 nitrogen and oxygen atoms in total. The molecule has 0 rings (SSSR count). The van der Waals surface area contributed by atoms with Gasteiger partial charge in [-0.25, -0.2) is 0 Å². The largest absolute Gasteiger partial charge is 0.0715 e. The molecule has 104 valence electrons. The molecule has 0 radical (unpaired) electrons. The van der Waals surface area contributed by atoms with Gasteiger partial charge in [-0.3, -0.25) is 0 Å². The summed E-state index contributed by atoms with van der Waals surface area (Å²) in [6, 6.07) is 4.91. The first-order chi connectivity index (χ1) is 7.93. The van der Waals surface area contributed by atoms with Gasteiger partial charge in [-0.1, -0.05) is 97.1 Å². The van der Waals surface area contributed by atoms with Crippen LogP contribution < -0.4 is 0 Å². The highest BCUT2D eigenvalue weighted by molar-refractivity contribution is 7.41. The van der Waals surface area contributed by atoms with Gasteiger partial charge in [0.1, 0.15) is 0 Å². The molecule has 0 aliphatic heterocycles. The van der Waals surface area contributed by atoms with Gasteiger partial charge >= 0.3 is 0 Å². The molecule has 2 heteroatoms. The molecule has 0 unspecified atom stereocenters. The van der Waals surface area contributed by atoms with Crippen LogP contribution in [0.3, 0.4) is 0 Å². The molecule has 0 spiro atoms. The van der Waals surface area contributed by atoms with Crippen LogP contribution in [0, 0.1) is 0 Å². The first-order valence-corrected chi connectivity index (χ1v) is 15.1. The molecule has 0 aromatic carbocycles. The van der Waals surface area contributed by atoms with E-state index in [0.29, 0.717) is 0 Å². The van der Waals surface area contributed by atoms with Crippen LogP contribution in [-0.4, -0.2) is 15.2 Å². The first-order valence-electron chi connectivity index (χ1n) is 7.93. The molecule has 0 aromatic rings. The fourth-order valence-corrected chi connectivity index (χ4v) is 17.5. The number of unbranched alkanes of at least 4 members (excludes halogenated alkanes) is 3. The minimum atomic E-state index is -0.921. The van der Waals surface area contributed by atoms with Gasteiger partial charge in [0.25, 0.3) is 0 Å². The van der Waals surface area contributed by atoms with Crippen LogP contribution in [0.4, 0.5) is 0 Å². The van der Waals surface area contributed by atoms with E-state index >= 15 is 0 Å². The Morgan fingerprint density at radius 3 is 1.06 bits per heavy atom. The normalized spacial score (nSPS) is 13.1. The summed E-state index contributed by atoms with van der Waals surface area (Å²) in [7, 11) is -1.83. The second-order valence-electron chi connectivity index (χ2n) is 6.84. The van der Waals surface area contributed by atoms with Crippen LogP contribution in [0.1, 0.15) is 59.3 Å². The minimum absolute atomic E-state index is 0.910. The van der Waals surface area contributed by atoms with Crippen molar-refractivity contribution in [2.24, 2.45) is 0 Å².